The predicted molar refractivity (Wildman–Crippen MR) is 44.5 cm³/mol. The van der Waals surface area contributed by atoms with Crippen LogP contribution in [0.15, 0.2) is 4.99 Å². The van der Waals surface area contributed by atoms with Crippen molar-refractivity contribution < 1.29 is 0 Å². The minimum atomic E-state index is 0.981. The van der Waals surface area contributed by atoms with E-state index in [1.54, 1.807) is 0 Å². The Kier molecular flexibility index (Phi) is 3.84. The first kappa shape index (κ1) is 8.09. The molecular formula is C7H13N2Se. The van der Waals surface area contributed by atoms with Gasteiger partial charge in [0, 0.05) is 0 Å². The zero-order valence-electron chi connectivity index (χ0n) is 6.10. The fourth-order valence-electron chi connectivity index (χ4n) is 1.02. The van der Waals surface area contributed by atoms with Crippen LogP contribution in [0.3, 0.4) is 0 Å². The standard InChI is InChI=1S/C7H13N2Se/c10-7-8-5-3-1-2-4-6-9-7/h1-6H2,(H,8,9). The number of hydrogen-bond acceptors (Lipinski definition) is 2. The summed E-state index contributed by atoms with van der Waals surface area (Å²) < 4.78 is 0.988. The maximum absolute atomic E-state index is 4.29. The van der Waals surface area contributed by atoms with E-state index < -0.39 is 0 Å². The van der Waals surface area contributed by atoms with Crippen molar-refractivity contribution in [3.05, 3.63) is 0 Å². The van der Waals surface area contributed by atoms with Gasteiger partial charge in [0.2, 0.25) is 0 Å². The molecule has 2 nitrogen and oxygen atoms in total. The topological polar surface area (TPSA) is 24.4 Å². The molecule has 0 atom stereocenters. The molecule has 57 valence electrons. The van der Waals surface area contributed by atoms with Crippen LogP contribution in [0.2, 0.25) is 0 Å². The van der Waals surface area contributed by atoms with Gasteiger partial charge in [-0.2, -0.15) is 0 Å². The summed E-state index contributed by atoms with van der Waals surface area (Å²) in [4.78, 5) is 4.29. The molecule has 1 N–H and O–H groups in total. The van der Waals surface area contributed by atoms with Crippen molar-refractivity contribution in [2.24, 2.45) is 4.99 Å². The van der Waals surface area contributed by atoms with Crippen LogP contribution in [0.5, 0.6) is 0 Å². The first-order chi connectivity index (χ1) is 4.89. The van der Waals surface area contributed by atoms with Gasteiger partial charge in [-0.1, -0.05) is 0 Å². The SMILES string of the molecule is [Se]C1=NCCCCCCN1. The summed E-state index contributed by atoms with van der Waals surface area (Å²) in [7, 11) is 0. The molecule has 0 aromatic rings. The first-order valence-electron chi connectivity index (χ1n) is 3.85. The van der Waals surface area contributed by atoms with Crippen molar-refractivity contribution in [1.29, 1.82) is 0 Å². The van der Waals surface area contributed by atoms with E-state index in [1.807, 2.05) is 0 Å². The predicted octanol–water partition coefficient (Wildman–Crippen LogP) is 0.674. The molecule has 0 saturated heterocycles. The molecule has 0 aliphatic carbocycles. The summed E-state index contributed by atoms with van der Waals surface area (Å²) in [5.41, 5.74) is 0. The Bertz CT molecular complexity index is 123. The van der Waals surface area contributed by atoms with E-state index in [2.05, 4.69) is 26.3 Å². The Morgan fingerprint density at radius 3 is 2.90 bits per heavy atom. The molecule has 1 heterocycles. The van der Waals surface area contributed by atoms with Gasteiger partial charge in [-0.25, -0.2) is 0 Å². The summed E-state index contributed by atoms with van der Waals surface area (Å²) in [6.07, 6.45) is 5.20. The maximum atomic E-state index is 4.29. The molecule has 1 aliphatic heterocycles. The zero-order valence-corrected chi connectivity index (χ0v) is 7.81. The van der Waals surface area contributed by atoms with E-state index in [0.29, 0.717) is 0 Å². The third kappa shape index (κ3) is 3.23. The van der Waals surface area contributed by atoms with Crippen molar-refractivity contribution in [3.63, 3.8) is 0 Å². The van der Waals surface area contributed by atoms with E-state index in [0.717, 1.165) is 17.8 Å². The summed E-state index contributed by atoms with van der Waals surface area (Å²) >= 11 is 2.91. The molecule has 0 saturated carbocycles. The van der Waals surface area contributed by atoms with Gasteiger partial charge in [0.05, 0.1) is 0 Å². The van der Waals surface area contributed by atoms with Gasteiger partial charge in [0.25, 0.3) is 0 Å². The van der Waals surface area contributed by atoms with Gasteiger partial charge in [-0.3, -0.25) is 0 Å². The van der Waals surface area contributed by atoms with E-state index in [-0.39, 0.29) is 0 Å². The second-order valence-electron chi connectivity index (χ2n) is 2.53. The summed E-state index contributed by atoms with van der Waals surface area (Å²) in [6.45, 7) is 2.06. The third-order valence-corrected chi connectivity index (χ3v) is 2.19. The molecule has 0 aromatic heterocycles. The van der Waals surface area contributed by atoms with Crippen LogP contribution in [0.4, 0.5) is 0 Å². The van der Waals surface area contributed by atoms with E-state index >= 15 is 0 Å². The Hall–Kier alpha value is -0.0105. The van der Waals surface area contributed by atoms with Crippen LogP contribution in [0.1, 0.15) is 25.7 Å². The Balaban J connectivity index is 2.29. The molecule has 0 aromatic carbocycles. The summed E-state index contributed by atoms with van der Waals surface area (Å²) in [6, 6.07) is 0. The van der Waals surface area contributed by atoms with Crippen molar-refractivity contribution in [3.8, 4) is 0 Å². The van der Waals surface area contributed by atoms with Gasteiger partial charge in [-0.05, 0) is 0 Å². The Morgan fingerprint density at radius 2 is 2.00 bits per heavy atom. The molecule has 0 unspecified atom stereocenters. The van der Waals surface area contributed by atoms with Gasteiger partial charge < -0.3 is 0 Å². The molecule has 10 heavy (non-hydrogen) atoms. The molecule has 0 amide bonds. The fraction of sp³-hybridized carbons (Fsp3) is 0.857. The van der Waals surface area contributed by atoms with E-state index in [1.165, 1.54) is 25.7 Å². The van der Waals surface area contributed by atoms with Crippen molar-refractivity contribution in [2.45, 2.75) is 25.7 Å². The number of hydrogen-bond donors (Lipinski definition) is 1. The number of nitrogens with one attached hydrogen (secondary N) is 1. The van der Waals surface area contributed by atoms with Crippen molar-refractivity contribution >= 4 is 20.7 Å². The summed E-state index contributed by atoms with van der Waals surface area (Å²) in [5, 5.41) is 3.22. The molecule has 1 radical (unpaired) electrons. The first-order valence-corrected chi connectivity index (χ1v) is 4.70. The van der Waals surface area contributed by atoms with Crippen LogP contribution >= 0.6 is 0 Å². The molecule has 1 aliphatic rings. The van der Waals surface area contributed by atoms with Crippen LogP contribution in [-0.2, 0) is 0 Å². The average molecular weight is 204 g/mol. The van der Waals surface area contributed by atoms with Gasteiger partial charge in [0.1, 0.15) is 0 Å². The quantitative estimate of drug-likeness (QED) is 0.576. The number of aliphatic imine (C=N–C) groups is 1. The van der Waals surface area contributed by atoms with Crippen molar-refractivity contribution in [2.75, 3.05) is 13.1 Å². The number of nitrogens with zero attached hydrogens (tertiary/aromatic N) is 1. The Morgan fingerprint density at radius 1 is 1.20 bits per heavy atom. The fourth-order valence-corrected chi connectivity index (χ4v) is 1.43. The Labute approximate surface area is 70.3 Å². The molecular weight excluding hydrogens is 191 g/mol. The average Bonchev–Trinajstić information content (AvgIpc) is 2.02. The zero-order chi connectivity index (χ0) is 7.23. The molecule has 0 bridgehead atoms. The van der Waals surface area contributed by atoms with Crippen LogP contribution in [0.25, 0.3) is 0 Å². The molecule has 1 rings (SSSR count). The molecule has 0 spiro atoms. The van der Waals surface area contributed by atoms with Crippen LogP contribution < -0.4 is 5.32 Å². The summed E-state index contributed by atoms with van der Waals surface area (Å²) in [5.74, 6) is 0. The van der Waals surface area contributed by atoms with Gasteiger partial charge in [0.15, 0.2) is 0 Å². The normalized spacial score (nSPS) is 21.4. The van der Waals surface area contributed by atoms with Crippen LogP contribution in [0, 0.1) is 0 Å². The van der Waals surface area contributed by atoms with Crippen LogP contribution in [-0.4, -0.2) is 33.8 Å². The number of rotatable bonds is 0. The third-order valence-electron chi connectivity index (χ3n) is 1.62. The van der Waals surface area contributed by atoms with Gasteiger partial charge in [-0.15, -0.1) is 0 Å². The second-order valence-corrected chi connectivity index (χ2v) is 3.34. The van der Waals surface area contributed by atoms with Gasteiger partial charge >= 0.3 is 69.8 Å². The number of amidine groups is 1. The van der Waals surface area contributed by atoms with E-state index in [4.69, 9.17) is 0 Å². The molecule has 0 fully saturated rings. The monoisotopic (exact) mass is 205 g/mol. The van der Waals surface area contributed by atoms with Crippen molar-refractivity contribution in [1.82, 2.24) is 5.32 Å². The minimum absolute atomic E-state index is 0.981. The van der Waals surface area contributed by atoms with E-state index in [9.17, 15) is 0 Å². The molecule has 3 heteroatoms. The second kappa shape index (κ2) is 4.75.